The fourth-order valence-corrected chi connectivity index (χ4v) is 3.32. The first-order chi connectivity index (χ1) is 10.3. The van der Waals surface area contributed by atoms with Crippen LogP contribution in [0.15, 0.2) is 24.3 Å². The molecule has 0 aromatic heterocycles. The van der Waals surface area contributed by atoms with Crippen molar-refractivity contribution >= 4 is 0 Å². The Bertz CT molecular complexity index is 421. The first-order valence-corrected chi connectivity index (χ1v) is 8.37. The van der Waals surface area contributed by atoms with Crippen LogP contribution in [0.5, 0.6) is 5.75 Å². The number of rotatable bonds is 7. The lowest BCUT2D eigenvalue weighted by Crippen LogP contribution is -2.56. The van der Waals surface area contributed by atoms with E-state index in [1.165, 1.54) is 31.4 Å². The van der Waals surface area contributed by atoms with Crippen molar-refractivity contribution in [2.45, 2.75) is 51.6 Å². The highest BCUT2D eigenvalue weighted by Crippen LogP contribution is 2.20. The van der Waals surface area contributed by atoms with Gasteiger partial charge in [-0.15, -0.1) is 0 Å². The fourth-order valence-electron chi connectivity index (χ4n) is 3.32. The molecular weight excluding hydrogens is 260 g/mol. The van der Waals surface area contributed by atoms with Crippen molar-refractivity contribution in [1.82, 2.24) is 10.2 Å². The Morgan fingerprint density at radius 3 is 2.81 bits per heavy atom. The quantitative estimate of drug-likeness (QED) is 0.835. The summed E-state index contributed by atoms with van der Waals surface area (Å²) < 4.78 is 5.47. The van der Waals surface area contributed by atoms with E-state index in [0.29, 0.717) is 12.1 Å². The second-order valence-electron chi connectivity index (χ2n) is 6.01. The number of piperazine rings is 1. The molecule has 3 nitrogen and oxygen atoms in total. The van der Waals surface area contributed by atoms with Gasteiger partial charge in [-0.05, 0) is 30.9 Å². The molecule has 2 unspecified atom stereocenters. The Hall–Kier alpha value is -1.06. The zero-order valence-corrected chi connectivity index (χ0v) is 13.8. The normalized spacial score (nSPS) is 23.2. The van der Waals surface area contributed by atoms with Crippen molar-refractivity contribution in [3.05, 3.63) is 29.8 Å². The summed E-state index contributed by atoms with van der Waals surface area (Å²) in [5.74, 6) is 1.02. The topological polar surface area (TPSA) is 24.5 Å². The summed E-state index contributed by atoms with van der Waals surface area (Å²) in [5, 5.41) is 3.71. The van der Waals surface area contributed by atoms with E-state index in [2.05, 4.69) is 42.3 Å². The van der Waals surface area contributed by atoms with Gasteiger partial charge >= 0.3 is 0 Å². The van der Waals surface area contributed by atoms with Gasteiger partial charge < -0.3 is 10.1 Å². The Balaban J connectivity index is 1.95. The number of methoxy groups -OCH3 is 1. The maximum Gasteiger partial charge on any atom is 0.122 e. The summed E-state index contributed by atoms with van der Waals surface area (Å²) in [6.45, 7) is 8.00. The van der Waals surface area contributed by atoms with E-state index in [4.69, 9.17) is 4.74 Å². The van der Waals surface area contributed by atoms with Crippen molar-refractivity contribution < 1.29 is 4.74 Å². The first-order valence-electron chi connectivity index (χ1n) is 8.37. The van der Waals surface area contributed by atoms with Crippen LogP contribution in [0.4, 0.5) is 0 Å². The molecule has 2 atom stereocenters. The van der Waals surface area contributed by atoms with Gasteiger partial charge in [-0.1, -0.05) is 38.5 Å². The van der Waals surface area contributed by atoms with Crippen LogP contribution < -0.4 is 10.1 Å². The van der Waals surface area contributed by atoms with E-state index < -0.39 is 0 Å². The predicted molar refractivity (Wildman–Crippen MR) is 89.0 cm³/mol. The van der Waals surface area contributed by atoms with Crippen LogP contribution in [0.2, 0.25) is 0 Å². The van der Waals surface area contributed by atoms with Gasteiger partial charge in [-0.2, -0.15) is 0 Å². The van der Waals surface area contributed by atoms with Crippen molar-refractivity contribution in [2.75, 3.05) is 26.7 Å². The molecule has 21 heavy (non-hydrogen) atoms. The maximum atomic E-state index is 5.47. The number of hydrogen-bond acceptors (Lipinski definition) is 3. The molecule has 118 valence electrons. The van der Waals surface area contributed by atoms with Crippen LogP contribution in [0, 0.1) is 0 Å². The maximum absolute atomic E-state index is 5.47. The molecule has 0 radical (unpaired) electrons. The molecule has 1 fully saturated rings. The number of nitrogens with one attached hydrogen (secondary N) is 1. The smallest absolute Gasteiger partial charge is 0.122 e. The standard InChI is InChI=1S/C18H30N2O/c1-4-8-16-14-20(17(5-2)13-19-16)12-11-15-9-6-7-10-18(15)21-3/h6-7,9-10,16-17,19H,4-5,8,11-14H2,1-3H3. The molecule has 0 aliphatic carbocycles. The van der Waals surface area contributed by atoms with E-state index in [-0.39, 0.29) is 0 Å². The average molecular weight is 290 g/mol. The summed E-state index contributed by atoms with van der Waals surface area (Å²) in [6.07, 6.45) is 4.83. The molecule has 2 rings (SSSR count). The lowest BCUT2D eigenvalue weighted by molar-refractivity contribution is 0.124. The Morgan fingerprint density at radius 1 is 1.29 bits per heavy atom. The second-order valence-corrected chi connectivity index (χ2v) is 6.01. The summed E-state index contributed by atoms with van der Waals surface area (Å²) in [7, 11) is 1.76. The molecule has 1 aromatic rings. The number of nitrogens with zero attached hydrogens (tertiary/aromatic N) is 1. The third kappa shape index (κ3) is 4.45. The van der Waals surface area contributed by atoms with E-state index in [1.54, 1.807) is 7.11 Å². The third-order valence-corrected chi connectivity index (χ3v) is 4.58. The van der Waals surface area contributed by atoms with Crippen LogP contribution in [0.3, 0.4) is 0 Å². The van der Waals surface area contributed by atoms with Gasteiger partial charge in [0.1, 0.15) is 5.75 Å². The largest absolute Gasteiger partial charge is 0.496 e. The minimum atomic E-state index is 0.662. The Labute approximate surface area is 129 Å². The molecule has 1 aromatic carbocycles. The lowest BCUT2D eigenvalue weighted by atomic mass is 10.0. The van der Waals surface area contributed by atoms with Crippen LogP contribution in [-0.2, 0) is 6.42 Å². The summed E-state index contributed by atoms with van der Waals surface area (Å²) in [4.78, 5) is 2.67. The minimum Gasteiger partial charge on any atom is -0.496 e. The van der Waals surface area contributed by atoms with Crippen LogP contribution in [-0.4, -0.2) is 43.7 Å². The van der Waals surface area contributed by atoms with Crippen molar-refractivity contribution in [1.29, 1.82) is 0 Å². The summed E-state index contributed by atoms with van der Waals surface area (Å²) in [6, 6.07) is 9.73. The monoisotopic (exact) mass is 290 g/mol. The van der Waals surface area contributed by atoms with Gasteiger partial charge in [0.15, 0.2) is 0 Å². The molecule has 0 spiro atoms. The highest BCUT2D eigenvalue weighted by molar-refractivity contribution is 5.33. The molecule has 3 heteroatoms. The summed E-state index contributed by atoms with van der Waals surface area (Å²) >= 11 is 0. The van der Waals surface area contributed by atoms with Gasteiger partial charge in [0.2, 0.25) is 0 Å². The number of hydrogen-bond donors (Lipinski definition) is 1. The second kappa shape index (κ2) is 8.40. The van der Waals surface area contributed by atoms with Gasteiger partial charge in [-0.3, -0.25) is 4.90 Å². The molecular formula is C18H30N2O. The van der Waals surface area contributed by atoms with E-state index in [1.807, 2.05) is 6.07 Å². The van der Waals surface area contributed by atoms with Crippen molar-refractivity contribution in [3.63, 3.8) is 0 Å². The van der Waals surface area contributed by atoms with Gasteiger partial charge in [0, 0.05) is 31.7 Å². The highest BCUT2D eigenvalue weighted by atomic mass is 16.5. The van der Waals surface area contributed by atoms with Gasteiger partial charge in [0.05, 0.1) is 7.11 Å². The number of para-hydroxylation sites is 1. The molecule has 0 saturated carbocycles. The Kier molecular flexibility index (Phi) is 6.52. The fraction of sp³-hybridized carbons (Fsp3) is 0.667. The zero-order chi connectivity index (χ0) is 15.1. The SMILES string of the molecule is CCCC1CN(CCc2ccccc2OC)C(CC)CN1. The molecule has 1 N–H and O–H groups in total. The molecule has 0 amide bonds. The van der Waals surface area contributed by atoms with E-state index in [0.717, 1.165) is 25.3 Å². The summed E-state index contributed by atoms with van der Waals surface area (Å²) in [5.41, 5.74) is 1.32. The highest BCUT2D eigenvalue weighted by Gasteiger charge is 2.25. The third-order valence-electron chi connectivity index (χ3n) is 4.58. The predicted octanol–water partition coefficient (Wildman–Crippen LogP) is 3.09. The van der Waals surface area contributed by atoms with Crippen LogP contribution in [0.1, 0.15) is 38.7 Å². The minimum absolute atomic E-state index is 0.662. The van der Waals surface area contributed by atoms with Crippen LogP contribution >= 0.6 is 0 Å². The van der Waals surface area contributed by atoms with Gasteiger partial charge in [-0.25, -0.2) is 0 Å². The molecule has 0 bridgehead atoms. The molecule has 1 aliphatic rings. The molecule has 1 aliphatic heterocycles. The first kappa shape index (κ1) is 16.3. The van der Waals surface area contributed by atoms with E-state index in [9.17, 15) is 0 Å². The van der Waals surface area contributed by atoms with Crippen LogP contribution in [0.25, 0.3) is 0 Å². The zero-order valence-electron chi connectivity index (χ0n) is 13.8. The average Bonchev–Trinajstić information content (AvgIpc) is 2.53. The molecule has 1 saturated heterocycles. The number of ether oxygens (including phenoxy) is 1. The van der Waals surface area contributed by atoms with E-state index >= 15 is 0 Å². The number of benzene rings is 1. The lowest BCUT2D eigenvalue weighted by Gasteiger charge is -2.40. The molecule has 1 heterocycles. The van der Waals surface area contributed by atoms with Crippen molar-refractivity contribution in [2.24, 2.45) is 0 Å². The Morgan fingerprint density at radius 2 is 2.10 bits per heavy atom. The van der Waals surface area contributed by atoms with Crippen molar-refractivity contribution in [3.8, 4) is 5.75 Å². The van der Waals surface area contributed by atoms with Gasteiger partial charge in [0.25, 0.3) is 0 Å².